The van der Waals surface area contributed by atoms with Gasteiger partial charge in [-0.3, -0.25) is 9.98 Å². The first kappa shape index (κ1) is 18.0. The maximum Gasteiger partial charge on any atom is 0.191 e. The highest BCUT2D eigenvalue weighted by Gasteiger charge is 2.33. The quantitative estimate of drug-likeness (QED) is 0.434. The molecule has 0 saturated heterocycles. The molecule has 0 amide bonds. The summed E-state index contributed by atoms with van der Waals surface area (Å²) in [5.74, 6) is 2.46. The van der Waals surface area contributed by atoms with Gasteiger partial charge in [0, 0.05) is 44.5 Å². The number of benzene rings is 1. The van der Waals surface area contributed by atoms with E-state index in [4.69, 9.17) is 4.74 Å². The standard InChI is InChI=1S/C19H26N6O/c1-19(2)12-15(14-6-4-5-7-16(14)26-19)25-18(20-3)24-11-10-23-17-13-21-8-9-22-17/h4-9,13,15H,10-12H2,1-3H3,(H,22,23)(H2,20,24,25). The predicted octanol–water partition coefficient (Wildman–Crippen LogP) is 2.36. The Morgan fingerprint density at radius 1 is 1.27 bits per heavy atom. The largest absolute Gasteiger partial charge is 0.487 e. The summed E-state index contributed by atoms with van der Waals surface area (Å²) in [5.41, 5.74) is 0.936. The Balaban J connectivity index is 1.56. The van der Waals surface area contributed by atoms with Crippen molar-refractivity contribution < 1.29 is 4.74 Å². The average molecular weight is 354 g/mol. The Morgan fingerprint density at radius 2 is 2.12 bits per heavy atom. The predicted molar refractivity (Wildman–Crippen MR) is 104 cm³/mol. The summed E-state index contributed by atoms with van der Waals surface area (Å²) in [6.07, 6.45) is 5.89. The van der Waals surface area contributed by atoms with Crippen molar-refractivity contribution in [2.45, 2.75) is 31.9 Å². The molecule has 0 aliphatic carbocycles. The number of nitrogens with one attached hydrogen (secondary N) is 3. The second kappa shape index (κ2) is 8.03. The first-order chi connectivity index (χ1) is 12.6. The van der Waals surface area contributed by atoms with Crippen LogP contribution in [0.15, 0.2) is 47.8 Å². The molecule has 1 unspecified atom stereocenters. The van der Waals surface area contributed by atoms with Crippen LogP contribution in [0.3, 0.4) is 0 Å². The van der Waals surface area contributed by atoms with Crippen molar-refractivity contribution in [1.82, 2.24) is 20.6 Å². The Bertz CT molecular complexity index is 747. The highest BCUT2D eigenvalue weighted by atomic mass is 16.5. The fourth-order valence-electron chi connectivity index (χ4n) is 3.05. The van der Waals surface area contributed by atoms with E-state index >= 15 is 0 Å². The summed E-state index contributed by atoms with van der Waals surface area (Å²) < 4.78 is 6.09. The molecule has 0 fully saturated rings. The van der Waals surface area contributed by atoms with E-state index in [-0.39, 0.29) is 11.6 Å². The first-order valence-electron chi connectivity index (χ1n) is 8.82. The molecule has 1 aromatic heterocycles. The minimum Gasteiger partial charge on any atom is -0.487 e. The highest BCUT2D eigenvalue weighted by Crippen LogP contribution is 2.39. The normalized spacial score (nSPS) is 18.4. The van der Waals surface area contributed by atoms with Crippen molar-refractivity contribution in [3.8, 4) is 5.75 Å². The van der Waals surface area contributed by atoms with Crippen molar-refractivity contribution in [3.05, 3.63) is 48.4 Å². The van der Waals surface area contributed by atoms with Gasteiger partial charge in [-0.1, -0.05) is 18.2 Å². The maximum atomic E-state index is 6.09. The lowest BCUT2D eigenvalue weighted by atomic mass is 9.90. The lowest BCUT2D eigenvalue weighted by Crippen LogP contribution is -2.46. The van der Waals surface area contributed by atoms with Crippen LogP contribution in [0.4, 0.5) is 5.82 Å². The van der Waals surface area contributed by atoms with Gasteiger partial charge in [0.25, 0.3) is 0 Å². The maximum absolute atomic E-state index is 6.09. The molecule has 1 aromatic carbocycles. The average Bonchev–Trinajstić information content (AvgIpc) is 2.64. The number of hydrogen-bond acceptors (Lipinski definition) is 5. The lowest BCUT2D eigenvalue weighted by molar-refractivity contribution is 0.0694. The summed E-state index contributed by atoms with van der Waals surface area (Å²) in [6.45, 7) is 5.65. The molecule has 138 valence electrons. The third-order valence-electron chi connectivity index (χ3n) is 4.20. The molecule has 0 bridgehead atoms. The molecule has 3 N–H and O–H groups in total. The monoisotopic (exact) mass is 354 g/mol. The molecule has 0 spiro atoms. The number of anilines is 1. The fraction of sp³-hybridized carbons (Fsp3) is 0.421. The molecule has 1 aliphatic rings. The van der Waals surface area contributed by atoms with Gasteiger partial charge in [0.1, 0.15) is 17.2 Å². The van der Waals surface area contributed by atoms with E-state index in [1.807, 2.05) is 18.2 Å². The molecular weight excluding hydrogens is 328 g/mol. The van der Waals surface area contributed by atoms with Crippen LogP contribution in [0.25, 0.3) is 0 Å². The second-order valence-electron chi connectivity index (χ2n) is 6.82. The van der Waals surface area contributed by atoms with Crippen LogP contribution >= 0.6 is 0 Å². The zero-order valence-electron chi connectivity index (χ0n) is 15.5. The van der Waals surface area contributed by atoms with E-state index < -0.39 is 0 Å². The molecule has 7 heteroatoms. The summed E-state index contributed by atoms with van der Waals surface area (Å²) >= 11 is 0. The van der Waals surface area contributed by atoms with E-state index in [2.05, 4.69) is 50.8 Å². The molecule has 7 nitrogen and oxygen atoms in total. The Hall–Kier alpha value is -2.83. The third-order valence-corrected chi connectivity index (χ3v) is 4.20. The van der Waals surface area contributed by atoms with Crippen LogP contribution in [0.5, 0.6) is 5.75 Å². The number of hydrogen-bond donors (Lipinski definition) is 3. The van der Waals surface area contributed by atoms with Crippen molar-refractivity contribution >= 4 is 11.8 Å². The van der Waals surface area contributed by atoms with Crippen LogP contribution in [-0.4, -0.2) is 41.7 Å². The first-order valence-corrected chi connectivity index (χ1v) is 8.82. The smallest absolute Gasteiger partial charge is 0.191 e. The molecule has 26 heavy (non-hydrogen) atoms. The number of aliphatic imine (C=N–C) groups is 1. The molecular formula is C19H26N6O. The molecule has 0 saturated carbocycles. The van der Waals surface area contributed by atoms with Crippen LogP contribution in [0.1, 0.15) is 31.9 Å². The number of guanidine groups is 1. The lowest BCUT2D eigenvalue weighted by Gasteiger charge is -2.38. The Morgan fingerprint density at radius 3 is 2.88 bits per heavy atom. The van der Waals surface area contributed by atoms with E-state index in [9.17, 15) is 0 Å². The van der Waals surface area contributed by atoms with Crippen LogP contribution in [-0.2, 0) is 0 Å². The summed E-state index contributed by atoms with van der Waals surface area (Å²) in [5, 5.41) is 10.1. The van der Waals surface area contributed by atoms with Crippen molar-refractivity contribution in [2.24, 2.45) is 4.99 Å². The topological polar surface area (TPSA) is 83.5 Å². The highest BCUT2D eigenvalue weighted by molar-refractivity contribution is 5.80. The van der Waals surface area contributed by atoms with Crippen LogP contribution in [0, 0.1) is 0 Å². The zero-order chi connectivity index (χ0) is 18.4. The van der Waals surface area contributed by atoms with Gasteiger partial charge in [0.2, 0.25) is 0 Å². The van der Waals surface area contributed by atoms with Crippen LogP contribution in [0.2, 0.25) is 0 Å². The number of nitrogens with zero attached hydrogens (tertiary/aromatic N) is 3. The van der Waals surface area contributed by atoms with Gasteiger partial charge in [-0.25, -0.2) is 4.98 Å². The van der Waals surface area contributed by atoms with Crippen molar-refractivity contribution in [3.63, 3.8) is 0 Å². The fourth-order valence-corrected chi connectivity index (χ4v) is 3.05. The van der Waals surface area contributed by atoms with Gasteiger partial charge in [-0.15, -0.1) is 0 Å². The van der Waals surface area contributed by atoms with Gasteiger partial charge in [-0.05, 0) is 19.9 Å². The van der Waals surface area contributed by atoms with E-state index in [1.165, 1.54) is 0 Å². The van der Waals surface area contributed by atoms with E-state index in [1.54, 1.807) is 25.6 Å². The zero-order valence-corrected chi connectivity index (χ0v) is 15.5. The van der Waals surface area contributed by atoms with Crippen LogP contribution < -0.4 is 20.7 Å². The SMILES string of the molecule is CN=C(NCCNc1cnccn1)NC1CC(C)(C)Oc2ccccc21. The molecule has 1 aliphatic heterocycles. The van der Waals surface area contributed by atoms with Gasteiger partial charge in [-0.2, -0.15) is 0 Å². The molecule has 2 heterocycles. The van der Waals surface area contributed by atoms with Gasteiger partial charge >= 0.3 is 0 Å². The minimum absolute atomic E-state index is 0.147. The second-order valence-corrected chi connectivity index (χ2v) is 6.82. The summed E-state index contributed by atoms with van der Waals surface area (Å²) in [6, 6.07) is 8.31. The van der Waals surface area contributed by atoms with Gasteiger partial charge in [0.05, 0.1) is 12.2 Å². The van der Waals surface area contributed by atoms with E-state index in [0.717, 1.165) is 36.1 Å². The number of aromatic nitrogens is 2. The summed E-state index contributed by atoms with van der Waals surface area (Å²) in [7, 11) is 1.78. The Kier molecular flexibility index (Phi) is 5.55. The van der Waals surface area contributed by atoms with Crippen molar-refractivity contribution in [2.75, 3.05) is 25.5 Å². The molecule has 0 radical (unpaired) electrons. The van der Waals surface area contributed by atoms with Gasteiger partial charge < -0.3 is 20.7 Å². The van der Waals surface area contributed by atoms with Gasteiger partial charge in [0.15, 0.2) is 5.96 Å². The van der Waals surface area contributed by atoms with Crippen molar-refractivity contribution in [1.29, 1.82) is 0 Å². The molecule has 3 rings (SSSR count). The number of ether oxygens (including phenoxy) is 1. The summed E-state index contributed by atoms with van der Waals surface area (Å²) in [4.78, 5) is 12.6. The number of rotatable bonds is 5. The number of fused-ring (bicyclic) bond motifs is 1. The molecule has 2 aromatic rings. The van der Waals surface area contributed by atoms with E-state index in [0.29, 0.717) is 6.54 Å². The number of para-hydroxylation sites is 1. The third kappa shape index (κ3) is 4.62. The minimum atomic E-state index is -0.224. The molecule has 1 atom stereocenters. The Labute approximate surface area is 154 Å².